The van der Waals surface area contributed by atoms with E-state index in [9.17, 15) is 5.11 Å². The third-order valence-electron chi connectivity index (χ3n) is 3.17. The first-order valence-electron chi connectivity index (χ1n) is 6.28. The SMILES string of the molecule is CCn1nc(C)c(Br)c1CC(O)c1ccc(Cl)c(Br)c1. The summed E-state index contributed by atoms with van der Waals surface area (Å²) in [5, 5.41) is 15.5. The Balaban J connectivity index is 2.27. The molecule has 1 N–H and O–H groups in total. The summed E-state index contributed by atoms with van der Waals surface area (Å²) in [5.74, 6) is 0. The number of benzene rings is 1. The standard InChI is InChI=1S/C14H15Br2ClN2O/c1-3-19-12(14(16)8(2)18-19)7-13(20)9-4-5-11(17)10(15)6-9/h4-6,13,20H,3,7H2,1-2H3. The molecule has 1 aromatic heterocycles. The summed E-state index contributed by atoms with van der Waals surface area (Å²) in [6.07, 6.45) is -0.0927. The first-order chi connectivity index (χ1) is 9.43. The average Bonchev–Trinajstić information content (AvgIpc) is 2.69. The van der Waals surface area contributed by atoms with Crippen molar-refractivity contribution in [1.29, 1.82) is 0 Å². The van der Waals surface area contributed by atoms with Gasteiger partial charge in [0.15, 0.2) is 0 Å². The van der Waals surface area contributed by atoms with E-state index in [-0.39, 0.29) is 0 Å². The summed E-state index contributed by atoms with van der Waals surface area (Å²) in [6, 6.07) is 5.47. The molecule has 1 heterocycles. The van der Waals surface area contributed by atoms with Crippen molar-refractivity contribution in [2.45, 2.75) is 32.9 Å². The lowest BCUT2D eigenvalue weighted by Gasteiger charge is -2.13. The van der Waals surface area contributed by atoms with Gasteiger partial charge in [-0.1, -0.05) is 17.7 Å². The predicted molar refractivity (Wildman–Crippen MR) is 88.2 cm³/mol. The van der Waals surface area contributed by atoms with Crippen molar-refractivity contribution in [2.75, 3.05) is 0 Å². The van der Waals surface area contributed by atoms with E-state index in [0.29, 0.717) is 11.4 Å². The summed E-state index contributed by atoms with van der Waals surface area (Å²) in [5.41, 5.74) is 2.77. The average molecular weight is 423 g/mol. The van der Waals surface area contributed by atoms with Gasteiger partial charge in [0.2, 0.25) is 0 Å². The fourth-order valence-corrected chi connectivity index (χ4v) is 3.04. The Bertz CT molecular complexity index is 628. The normalized spacial score (nSPS) is 12.7. The Morgan fingerprint density at radius 2 is 2.10 bits per heavy atom. The van der Waals surface area contributed by atoms with Crippen LogP contribution >= 0.6 is 43.5 Å². The van der Waals surface area contributed by atoms with E-state index < -0.39 is 6.10 Å². The summed E-state index contributed by atoms with van der Waals surface area (Å²) in [6.45, 7) is 4.76. The van der Waals surface area contributed by atoms with Crippen LogP contribution in [0.1, 0.15) is 30.0 Å². The minimum Gasteiger partial charge on any atom is -0.388 e. The molecule has 3 nitrogen and oxygen atoms in total. The summed E-state index contributed by atoms with van der Waals surface area (Å²) in [4.78, 5) is 0. The fourth-order valence-electron chi connectivity index (χ4n) is 2.08. The quantitative estimate of drug-likeness (QED) is 0.778. The molecule has 0 bridgehead atoms. The van der Waals surface area contributed by atoms with Gasteiger partial charge in [0.25, 0.3) is 0 Å². The maximum absolute atomic E-state index is 10.4. The number of rotatable bonds is 4. The second kappa shape index (κ2) is 6.60. The molecule has 0 spiro atoms. The van der Waals surface area contributed by atoms with Crippen LogP contribution in [0.5, 0.6) is 0 Å². The van der Waals surface area contributed by atoms with Crippen molar-refractivity contribution in [3.8, 4) is 0 Å². The van der Waals surface area contributed by atoms with Crippen LogP contribution in [0.3, 0.4) is 0 Å². The van der Waals surface area contributed by atoms with Crippen LogP contribution in [-0.4, -0.2) is 14.9 Å². The number of aryl methyl sites for hydroxylation is 2. The molecule has 2 aromatic rings. The largest absolute Gasteiger partial charge is 0.388 e. The molecular formula is C14H15Br2ClN2O. The van der Waals surface area contributed by atoms with Gasteiger partial charge in [0, 0.05) is 17.4 Å². The highest BCUT2D eigenvalue weighted by atomic mass is 79.9. The monoisotopic (exact) mass is 420 g/mol. The van der Waals surface area contributed by atoms with Crippen LogP contribution < -0.4 is 0 Å². The summed E-state index contributed by atoms with van der Waals surface area (Å²) >= 11 is 12.9. The van der Waals surface area contributed by atoms with E-state index in [1.165, 1.54) is 0 Å². The first-order valence-corrected chi connectivity index (χ1v) is 8.25. The Morgan fingerprint density at radius 1 is 1.40 bits per heavy atom. The predicted octanol–water partition coefficient (Wildman–Crippen LogP) is 4.67. The van der Waals surface area contributed by atoms with Crippen molar-refractivity contribution < 1.29 is 5.11 Å². The summed E-state index contributed by atoms with van der Waals surface area (Å²) < 4.78 is 3.66. The molecule has 0 aliphatic carbocycles. The maximum Gasteiger partial charge on any atom is 0.0846 e. The second-order valence-electron chi connectivity index (χ2n) is 4.56. The highest BCUT2D eigenvalue weighted by Crippen LogP contribution is 2.30. The molecule has 20 heavy (non-hydrogen) atoms. The molecule has 0 radical (unpaired) electrons. The minimum absolute atomic E-state index is 0.503. The molecule has 0 amide bonds. The molecule has 0 saturated heterocycles. The van der Waals surface area contributed by atoms with Gasteiger partial charge < -0.3 is 5.11 Å². The molecule has 1 atom stereocenters. The van der Waals surface area contributed by atoms with E-state index in [2.05, 4.69) is 37.0 Å². The Kier molecular flexibility index (Phi) is 5.29. The lowest BCUT2D eigenvalue weighted by Crippen LogP contribution is -2.09. The smallest absolute Gasteiger partial charge is 0.0846 e. The zero-order valence-corrected chi connectivity index (χ0v) is 15.1. The number of nitrogens with zero attached hydrogens (tertiary/aromatic N) is 2. The number of aliphatic hydroxyl groups is 1. The number of aliphatic hydroxyl groups excluding tert-OH is 1. The van der Waals surface area contributed by atoms with Crippen molar-refractivity contribution in [3.63, 3.8) is 0 Å². The second-order valence-corrected chi connectivity index (χ2v) is 6.61. The molecule has 108 valence electrons. The zero-order valence-electron chi connectivity index (χ0n) is 11.2. The number of aromatic nitrogens is 2. The van der Waals surface area contributed by atoms with Gasteiger partial charge in [-0.2, -0.15) is 5.10 Å². The van der Waals surface area contributed by atoms with E-state index in [4.69, 9.17) is 11.6 Å². The third kappa shape index (κ3) is 3.27. The van der Waals surface area contributed by atoms with Crippen LogP contribution in [0, 0.1) is 6.92 Å². The van der Waals surface area contributed by atoms with E-state index in [0.717, 1.165) is 32.4 Å². The fraction of sp³-hybridized carbons (Fsp3) is 0.357. The first kappa shape index (κ1) is 16.0. The molecule has 2 rings (SSSR count). The van der Waals surface area contributed by atoms with Gasteiger partial charge in [0.1, 0.15) is 0 Å². The van der Waals surface area contributed by atoms with E-state index in [1.807, 2.05) is 30.7 Å². The van der Waals surface area contributed by atoms with Crippen LogP contribution in [0.4, 0.5) is 0 Å². The third-order valence-corrected chi connectivity index (χ3v) is 5.41. The van der Waals surface area contributed by atoms with E-state index >= 15 is 0 Å². The van der Waals surface area contributed by atoms with Crippen molar-refractivity contribution in [3.05, 3.63) is 49.1 Å². The molecule has 0 aliphatic heterocycles. The topological polar surface area (TPSA) is 38.0 Å². The maximum atomic E-state index is 10.4. The lowest BCUT2D eigenvalue weighted by molar-refractivity contribution is 0.175. The molecule has 1 unspecified atom stereocenters. The van der Waals surface area contributed by atoms with Crippen molar-refractivity contribution >= 4 is 43.5 Å². The minimum atomic E-state index is -0.596. The van der Waals surface area contributed by atoms with Crippen LogP contribution in [-0.2, 0) is 13.0 Å². The molecule has 0 fully saturated rings. The Labute approximate surface area is 140 Å². The van der Waals surface area contributed by atoms with Gasteiger partial charge in [0.05, 0.1) is 27.0 Å². The lowest BCUT2D eigenvalue weighted by atomic mass is 10.0. The number of halogens is 3. The highest BCUT2D eigenvalue weighted by molar-refractivity contribution is 9.10. The molecular weight excluding hydrogens is 407 g/mol. The Morgan fingerprint density at radius 3 is 2.70 bits per heavy atom. The van der Waals surface area contributed by atoms with Gasteiger partial charge in [-0.3, -0.25) is 4.68 Å². The van der Waals surface area contributed by atoms with Gasteiger partial charge in [-0.05, 0) is 63.4 Å². The molecule has 0 aliphatic rings. The molecule has 0 saturated carbocycles. The van der Waals surface area contributed by atoms with Crippen LogP contribution in [0.25, 0.3) is 0 Å². The Hall–Kier alpha value is -0.360. The molecule has 6 heteroatoms. The number of hydrogen-bond donors (Lipinski definition) is 1. The van der Waals surface area contributed by atoms with Crippen molar-refractivity contribution in [2.24, 2.45) is 0 Å². The van der Waals surface area contributed by atoms with Crippen LogP contribution in [0.15, 0.2) is 27.1 Å². The van der Waals surface area contributed by atoms with Gasteiger partial charge >= 0.3 is 0 Å². The van der Waals surface area contributed by atoms with Crippen molar-refractivity contribution in [1.82, 2.24) is 9.78 Å². The van der Waals surface area contributed by atoms with Crippen LogP contribution in [0.2, 0.25) is 5.02 Å². The highest BCUT2D eigenvalue weighted by Gasteiger charge is 2.17. The van der Waals surface area contributed by atoms with Gasteiger partial charge in [-0.25, -0.2) is 0 Å². The molecule has 1 aromatic carbocycles. The number of hydrogen-bond acceptors (Lipinski definition) is 2. The van der Waals surface area contributed by atoms with E-state index in [1.54, 1.807) is 6.07 Å². The summed E-state index contributed by atoms with van der Waals surface area (Å²) in [7, 11) is 0. The van der Waals surface area contributed by atoms with Gasteiger partial charge in [-0.15, -0.1) is 0 Å². The zero-order chi connectivity index (χ0) is 14.9.